The number of nitrogens with zero attached hydrogens (tertiary/aromatic N) is 1. The Morgan fingerprint density at radius 1 is 1.60 bits per heavy atom. The number of rotatable bonds is 2. The topological polar surface area (TPSA) is 38.9 Å². The number of hydrogen-bond acceptors (Lipinski definition) is 4. The second kappa shape index (κ2) is 4.07. The van der Waals surface area contributed by atoms with Crippen molar-refractivity contribution in [2.45, 2.75) is 49.2 Å². The molecule has 1 aliphatic carbocycles. The SMILES string of the molecule is Cc1csc(SC2CCC(C)(C)C2N)n1. The lowest BCUT2D eigenvalue weighted by atomic mass is 9.88. The third kappa shape index (κ3) is 2.37. The lowest BCUT2D eigenvalue weighted by Crippen LogP contribution is -2.38. The van der Waals surface area contributed by atoms with Crippen LogP contribution in [0.5, 0.6) is 0 Å². The molecular formula is C11H18N2S2. The molecule has 0 amide bonds. The van der Waals surface area contributed by atoms with Crippen LogP contribution in [0, 0.1) is 12.3 Å². The highest BCUT2D eigenvalue weighted by molar-refractivity contribution is 8.01. The van der Waals surface area contributed by atoms with Crippen LogP contribution in [0.2, 0.25) is 0 Å². The fourth-order valence-corrected chi connectivity index (χ4v) is 4.48. The molecule has 4 heteroatoms. The highest BCUT2D eigenvalue weighted by atomic mass is 32.2. The fourth-order valence-electron chi connectivity index (χ4n) is 2.01. The minimum absolute atomic E-state index is 0.296. The molecule has 2 atom stereocenters. The molecule has 2 rings (SSSR count). The van der Waals surface area contributed by atoms with Crippen LogP contribution >= 0.6 is 23.1 Å². The summed E-state index contributed by atoms with van der Waals surface area (Å²) in [7, 11) is 0. The summed E-state index contributed by atoms with van der Waals surface area (Å²) in [5, 5.41) is 2.65. The summed E-state index contributed by atoms with van der Waals surface area (Å²) in [5.74, 6) is 0. The van der Waals surface area contributed by atoms with Crippen molar-refractivity contribution in [3.63, 3.8) is 0 Å². The molecule has 0 saturated heterocycles. The van der Waals surface area contributed by atoms with E-state index >= 15 is 0 Å². The predicted octanol–water partition coefficient (Wildman–Crippen LogP) is 3.06. The molecule has 2 unspecified atom stereocenters. The van der Waals surface area contributed by atoms with Gasteiger partial charge in [-0.25, -0.2) is 4.98 Å². The van der Waals surface area contributed by atoms with Gasteiger partial charge in [0.2, 0.25) is 0 Å². The van der Waals surface area contributed by atoms with Crippen LogP contribution in [-0.2, 0) is 0 Å². The summed E-state index contributed by atoms with van der Waals surface area (Å²) in [6.07, 6.45) is 2.45. The van der Waals surface area contributed by atoms with Crippen molar-refractivity contribution in [1.82, 2.24) is 4.98 Å². The Labute approximate surface area is 99.7 Å². The maximum absolute atomic E-state index is 6.27. The van der Waals surface area contributed by atoms with Crippen molar-refractivity contribution < 1.29 is 0 Å². The molecule has 0 aliphatic heterocycles. The first-order chi connectivity index (χ1) is 6.99. The van der Waals surface area contributed by atoms with Crippen molar-refractivity contribution in [2.75, 3.05) is 0 Å². The van der Waals surface area contributed by atoms with Gasteiger partial charge in [0.1, 0.15) is 4.34 Å². The van der Waals surface area contributed by atoms with E-state index in [9.17, 15) is 0 Å². The van der Waals surface area contributed by atoms with Gasteiger partial charge in [0.05, 0.1) is 0 Å². The Kier molecular flexibility index (Phi) is 3.10. The minimum atomic E-state index is 0.296. The van der Waals surface area contributed by atoms with Crippen molar-refractivity contribution >= 4 is 23.1 Å². The Hall–Kier alpha value is -0.0600. The zero-order chi connectivity index (χ0) is 11.1. The molecule has 0 radical (unpaired) electrons. The largest absolute Gasteiger partial charge is 0.326 e. The van der Waals surface area contributed by atoms with Crippen LogP contribution in [0.25, 0.3) is 0 Å². The summed E-state index contributed by atoms with van der Waals surface area (Å²) in [5.41, 5.74) is 7.68. The number of nitrogens with two attached hydrogens (primary N) is 1. The van der Waals surface area contributed by atoms with E-state index < -0.39 is 0 Å². The molecule has 1 saturated carbocycles. The monoisotopic (exact) mass is 242 g/mol. The van der Waals surface area contributed by atoms with Gasteiger partial charge >= 0.3 is 0 Å². The fraction of sp³-hybridized carbons (Fsp3) is 0.727. The molecule has 2 nitrogen and oxygen atoms in total. The van der Waals surface area contributed by atoms with Crippen LogP contribution < -0.4 is 5.73 Å². The van der Waals surface area contributed by atoms with Crippen molar-refractivity contribution in [3.8, 4) is 0 Å². The molecule has 1 aromatic rings. The normalized spacial score (nSPS) is 29.6. The van der Waals surface area contributed by atoms with Crippen molar-refractivity contribution in [3.05, 3.63) is 11.1 Å². The average molecular weight is 242 g/mol. The van der Waals surface area contributed by atoms with E-state index in [4.69, 9.17) is 5.73 Å². The third-order valence-electron chi connectivity index (χ3n) is 3.23. The zero-order valence-corrected chi connectivity index (χ0v) is 11.1. The van der Waals surface area contributed by atoms with Gasteiger partial charge in [-0.05, 0) is 25.2 Å². The molecular weight excluding hydrogens is 224 g/mol. The lowest BCUT2D eigenvalue weighted by Gasteiger charge is -2.25. The Morgan fingerprint density at radius 2 is 2.33 bits per heavy atom. The Bertz CT molecular complexity index is 346. The van der Waals surface area contributed by atoms with E-state index in [1.54, 1.807) is 11.3 Å². The molecule has 0 aromatic carbocycles. The summed E-state index contributed by atoms with van der Waals surface area (Å²) in [4.78, 5) is 4.48. The first kappa shape index (κ1) is 11.4. The van der Waals surface area contributed by atoms with Crippen LogP contribution in [0.1, 0.15) is 32.4 Å². The molecule has 2 N–H and O–H groups in total. The van der Waals surface area contributed by atoms with E-state index in [0.717, 1.165) is 5.69 Å². The number of thiazole rings is 1. The average Bonchev–Trinajstić information content (AvgIpc) is 2.66. The van der Waals surface area contributed by atoms with Crippen molar-refractivity contribution in [2.24, 2.45) is 11.1 Å². The molecule has 1 aromatic heterocycles. The molecule has 0 bridgehead atoms. The number of aryl methyl sites for hydroxylation is 1. The zero-order valence-electron chi connectivity index (χ0n) is 9.49. The van der Waals surface area contributed by atoms with Gasteiger partial charge < -0.3 is 5.73 Å². The van der Waals surface area contributed by atoms with E-state index in [1.165, 1.54) is 17.2 Å². The number of hydrogen-bond donors (Lipinski definition) is 1. The van der Waals surface area contributed by atoms with E-state index in [1.807, 2.05) is 18.7 Å². The van der Waals surface area contributed by atoms with Crippen LogP contribution in [0.15, 0.2) is 9.72 Å². The molecule has 1 aliphatic rings. The lowest BCUT2D eigenvalue weighted by molar-refractivity contribution is 0.334. The molecule has 84 valence electrons. The van der Waals surface area contributed by atoms with Gasteiger partial charge in [0.25, 0.3) is 0 Å². The molecule has 15 heavy (non-hydrogen) atoms. The summed E-state index contributed by atoms with van der Waals surface area (Å²) < 4.78 is 1.17. The highest BCUT2D eigenvalue weighted by Crippen LogP contribution is 2.44. The third-order valence-corrected chi connectivity index (χ3v) is 5.68. The molecule has 1 fully saturated rings. The van der Waals surface area contributed by atoms with E-state index in [0.29, 0.717) is 16.7 Å². The van der Waals surface area contributed by atoms with Gasteiger partial charge in [-0.1, -0.05) is 25.6 Å². The Balaban J connectivity index is 2.02. The van der Waals surface area contributed by atoms with Gasteiger partial charge in [0.15, 0.2) is 0 Å². The molecule has 0 spiro atoms. The quantitative estimate of drug-likeness (QED) is 0.866. The first-order valence-electron chi connectivity index (χ1n) is 5.33. The van der Waals surface area contributed by atoms with Gasteiger partial charge in [-0.3, -0.25) is 0 Å². The molecule has 1 heterocycles. The Morgan fingerprint density at radius 3 is 2.80 bits per heavy atom. The van der Waals surface area contributed by atoms with Crippen LogP contribution in [0.4, 0.5) is 0 Å². The first-order valence-corrected chi connectivity index (χ1v) is 7.09. The van der Waals surface area contributed by atoms with Gasteiger partial charge in [0, 0.05) is 22.4 Å². The van der Waals surface area contributed by atoms with E-state index in [-0.39, 0.29) is 0 Å². The summed E-state index contributed by atoms with van der Waals surface area (Å²) in [6, 6.07) is 0.298. The smallest absolute Gasteiger partial charge is 0.150 e. The highest BCUT2D eigenvalue weighted by Gasteiger charge is 2.40. The van der Waals surface area contributed by atoms with E-state index in [2.05, 4.69) is 24.2 Å². The van der Waals surface area contributed by atoms with Crippen molar-refractivity contribution in [1.29, 1.82) is 0 Å². The van der Waals surface area contributed by atoms with Gasteiger partial charge in [-0.2, -0.15) is 0 Å². The predicted molar refractivity (Wildman–Crippen MR) is 67.5 cm³/mol. The second-order valence-electron chi connectivity index (χ2n) is 4.96. The standard InChI is InChI=1S/C11H18N2S2/c1-7-6-14-10(13-7)15-8-4-5-11(2,3)9(8)12/h6,8-9H,4-5,12H2,1-3H3. The maximum Gasteiger partial charge on any atom is 0.150 e. The maximum atomic E-state index is 6.27. The second-order valence-corrected chi connectivity index (χ2v) is 7.31. The van der Waals surface area contributed by atoms with Crippen LogP contribution in [-0.4, -0.2) is 16.3 Å². The minimum Gasteiger partial charge on any atom is -0.326 e. The van der Waals surface area contributed by atoms with Gasteiger partial charge in [-0.15, -0.1) is 11.3 Å². The summed E-state index contributed by atoms with van der Waals surface area (Å²) in [6.45, 7) is 6.58. The number of aromatic nitrogens is 1. The number of thioether (sulfide) groups is 1. The van der Waals surface area contributed by atoms with Crippen LogP contribution in [0.3, 0.4) is 0 Å². The summed E-state index contributed by atoms with van der Waals surface area (Å²) >= 11 is 3.60.